The van der Waals surface area contributed by atoms with Crippen molar-refractivity contribution in [3.05, 3.63) is 28.8 Å². The minimum atomic E-state index is -0.145. The predicted octanol–water partition coefficient (Wildman–Crippen LogP) is 4.28. The molecule has 0 heterocycles. The molecule has 0 aliphatic heterocycles. The van der Waals surface area contributed by atoms with Crippen LogP contribution in [-0.4, -0.2) is 24.4 Å². The Kier molecular flexibility index (Phi) is 7.38. The summed E-state index contributed by atoms with van der Waals surface area (Å²) in [5.41, 5.74) is 0.501. The van der Waals surface area contributed by atoms with Crippen LogP contribution in [0.25, 0.3) is 0 Å². The van der Waals surface area contributed by atoms with Gasteiger partial charge in [0.15, 0.2) is 0 Å². The van der Waals surface area contributed by atoms with Gasteiger partial charge in [0.25, 0.3) is 5.91 Å². The number of hydrogen-bond donors (Lipinski definition) is 1. The number of alkyl halides is 1. The monoisotopic (exact) mass is 361 g/mol. The Labute approximate surface area is 134 Å². The highest BCUT2D eigenvalue weighted by molar-refractivity contribution is 9.09. The fourth-order valence-electron chi connectivity index (χ4n) is 2.10. The van der Waals surface area contributed by atoms with E-state index in [1.54, 1.807) is 18.2 Å². The Bertz CT molecular complexity index is 449. The number of methoxy groups -OCH3 is 1. The van der Waals surface area contributed by atoms with Crippen LogP contribution in [0.2, 0.25) is 5.02 Å². The summed E-state index contributed by atoms with van der Waals surface area (Å²) in [5, 5.41) is 3.48. The summed E-state index contributed by atoms with van der Waals surface area (Å²) in [5.74, 6) is 0.903. The van der Waals surface area contributed by atoms with Gasteiger partial charge in [-0.1, -0.05) is 54.2 Å². The molecule has 0 saturated carbocycles. The van der Waals surface area contributed by atoms with Crippen LogP contribution in [0.5, 0.6) is 5.75 Å². The molecule has 1 rings (SSSR count). The lowest BCUT2D eigenvalue weighted by molar-refractivity contribution is 0.0949. The molecule has 1 aromatic carbocycles. The molecular weight excluding hydrogens is 342 g/mol. The number of amides is 1. The molecule has 0 aromatic heterocycles. The molecule has 5 heteroatoms. The fraction of sp³-hybridized carbons (Fsp3) is 0.533. The van der Waals surface area contributed by atoms with Gasteiger partial charge in [-0.2, -0.15) is 0 Å². The van der Waals surface area contributed by atoms with Crippen LogP contribution in [-0.2, 0) is 0 Å². The number of ether oxygens (including phenoxy) is 1. The molecule has 3 nitrogen and oxygen atoms in total. The van der Waals surface area contributed by atoms with Gasteiger partial charge in [-0.15, -0.1) is 0 Å². The lowest BCUT2D eigenvalue weighted by Gasteiger charge is -2.20. The number of hydrogen-bond acceptors (Lipinski definition) is 2. The Morgan fingerprint density at radius 1 is 1.40 bits per heavy atom. The van der Waals surface area contributed by atoms with E-state index in [1.165, 1.54) is 7.11 Å². The molecular formula is C15H21BrClNO2. The molecule has 0 radical (unpaired) electrons. The molecule has 112 valence electrons. The van der Waals surface area contributed by atoms with Crippen molar-refractivity contribution in [3.63, 3.8) is 0 Å². The van der Waals surface area contributed by atoms with E-state index in [2.05, 4.69) is 35.1 Å². The Morgan fingerprint density at radius 2 is 2.05 bits per heavy atom. The Morgan fingerprint density at radius 3 is 2.60 bits per heavy atom. The minimum Gasteiger partial charge on any atom is -0.496 e. The van der Waals surface area contributed by atoms with E-state index >= 15 is 0 Å². The van der Waals surface area contributed by atoms with Gasteiger partial charge >= 0.3 is 0 Å². The zero-order chi connectivity index (χ0) is 15.1. The largest absolute Gasteiger partial charge is 0.496 e. The molecule has 0 aliphatic rings. The molecule has 20 heavy (non-hydrogen) atoms. The first-order chi connectivity index (χ1) is 9.53. The molecule has 1 unspecified atom stereocenters. The van der Waals surface area contributed by atoms with E-state index in [0.29, 0.717) is 28.8 Å². The van der Waals surface area contributed by atoms with Crippen LogP contribution in [0.1, 0.15) is 37.0 Å². The molecule has 1 atom stereocenters. The maximum absolute atomic E-state index is 12.2. The quantitative estimate of drug-likeness (QED) is 0.735. The number of nitrogens with one attached hydrogen (secondary N) is 1. The van der Waals surface area contributed by atoms with Gasteiger partial charge in [0.05, 0.1) is 12.7 Å². The molecule has 1 N–H and O–H groups in total. The van der Waals surface area contributed by atoms with Crippen molar-refractivity contribution in [2.24, 2.45) is 5.92 Å². The first kappa shape index (κ1) is 17.3. The number of rotatable bonds is 7. The van der Waals surface area contributed by atoms with Crippen molar-refractivity contribution in [2.75, 3.05) is 13.7 Å². The van der Waals surface area contributed by atoms with E-state index < -0.39 is 0 Å². The van der Waals surface area contributed by atoms with Crippen LogP contribution in [0.3, 0.4) is 0 Å². The zero-order valence-corrected chi connectivity index (χ0v) is 14.4. The third-order valence-corrected chi connectivity index (χ3v) is 4.73. The highest BCUT2D eigenvalue weighted by Gasteiger charge is 2.18. The molecule has 0 saturated heterocycles. The van der Waals surface area contributed by atoms with Gasteiger partial charge in [0.2, 0.25) is 0 Å². The highest BCUT2D eigenvalue weighted by atomic mass is 79.9. The van der Waals surface area contributed by atoms with Gasteiger partial charge in [0.1, 0.15) is 5.75 Å². The highest BCUT2D eigenvalue weighted by Crippen LogP contribution is 2.23. The summed E-state index contributed by atoms with van der Waals surface area (Å²) >= 11 is 9.53. The van der Waals surface area contributed by atoms with Crippen molar-refractivity contribution in [3.8, 4) is 5.75 Å². The van der Waals surface area contributed by atoms with Gasteiger partial charge < -0.3 is 10.1 Å². The predicted molar refractivity (Wildman–Crippen MR) is 87.1 cm³/mol. The maximum atomic E-state index is 12.2. The standard InChI is InChI=1S/C15H21BrClNO2/c1-4-10(5-2)13(16)9-18-15(19)12-7-6-11(17)8-14(12)20-3/h6-8,10,13H,4-5,9H2,1-3H3,(H,18,19). The third-order valence-electron chi connectivity index (χ3n) is 3.43. The van der Waals surface area contributed by atoms with E-state index in [0.717, 1.165) is 12.8 Å². The van der Waals surface area contributed by atoms with Gasteiger partial charge in [-0.3, -0.25) is 4.79 Å². The molecule has 1 aromatic rings. The summed E-state index contributed by atoms with van der Waals surface area (Å²) in [7, 11) is 1.53. The summed E-state index contributed by atoms with van der Waals surface area (Å²) in [6.45, 7) is 4.91. The van der Waals surface area contributed by atoms with Gasteiger partial charge in [-0.25, -0.2) is 0 Å². The minimum absolute atomic E-state index is 0.145. The average molecular weight is 363 g/mol. The van der Waals surface area contributed by atoms with Crippen LogP contribution in [0.15, 0.2) is 18.2 Å². The maximum Gasteiger partial charge on any atom is 0.255 e. The Balaban J connectivity index is 2.68. The summed E-state index contributed by atoms with van der Waals surface area (Å²) in [6, 6.07) is 5.01. The van der Waals surface area contributed by atoms with Crippen molar-refractivity contribution < 1.29 is 9.53 Å². The second-order valence-corrected chi connectivity index (χ2v) is 6.26. The molecule has 0 bridgehead atoms. The van der Waals surface area contributed by atoms with Crippen molar-refractivity contribution in [2.45, 2.75) is 31.5 Å². The number of halogens is 2. The number of carbonyl (C=O) groups is 1. The zero-order valence-electron chi connectivity index (χ0n) is 12.1. The summed E-state index contributed by atoms with van der Waals surface area (Å²) < 4.78 is 5.19. The SMILES string of the molecule is CCC(CC)C(Br)CNC(=O)c1ccc(Cl)cc1OC. The Hall–Kier alpha value is -0.740. The average Bonchev–Trinajstić information content (AvgIpc) is 2.45. The fourth-order valence-corrected chi connectivity index (χ4v) is 3.18. The van der Waals surface area contributed by atoms with Gasteiger partial charge in [0, 0.05) is 16.4 Å². The smallest absolute Gasteiger partial charge is 0.255 e. The lowest BCUT2D eigenvalue weighted by Crippen LogP contribution is -2.33. The van der Waals surface area contributed by atoms with Crippen LogP contribution in [0.4, 0.5) is 0 Å². The molecule has 1 amide bonds. The van der Waals surface area contributed by atoms with E-state index in [4.69, 9.17) is 16.3 Å². The molecule has 0 aliphatic carbocycles. The second-order valence-electron chi connectivity index (χ2n) is 4.65. The van der Waals surface area contributed by atoms with E-state index in [-0.39, 0.29) is 10.7 Å². The second kappa shape index (κ2) is 8.53. The topological polar surface area (TPSA) is 38.3 Å². The third kappa shape index (κ3) is 4.67. The van der Waals surface area contributed by atoms with Crippen molar-refractivity contribution in [1.82, 2.24) is 5.32 Å². The summed E-state index contributed by atoms with van der Waals surface area (Å²) in [6.07, 6.45) is 2.18. The first-order valence-electron chi connectivity index (χ1n) is 6.79. The molecule has 0 spiro atoms. The van der Waals surface area contributed by atoms with E-state index in [1.807, 2.05) is 0 Å². The van der Waals surface area contributed by atoms with Crippen molar-refractivity contribution >= 4 is 33.4 Å². The normalized spacial score (nSPS) is 12.3. The van der Waals surface area contributed by atoms with E-state index in [9.17, 15) is 4.79 Å². The number of benzene rings is 1. The van der Waals surface area contributed by atoms with Crippen LogP contribution >= 0.6 is 27.5 Å². The van der Waals surface area contributed by atoms with Crippen molar-refractivity contribution in [1.29, 1.82) is 0 Å². The van der Waals surface area contributed by atoms with Crippen LogP contribution in [0, 0.1) is 5.92 Å². The van der Waals surface area contributed by atoms with Gasteiger partial charge in [-0.05, 0) is 24.1 Å². The molecule has 0 fully saturated rings. The lowest BCUT2D eigenvalue weighted by atomic mass is 9.99. The number of carbonyl (C=O) groups excluding carboxylic acids is 1. The summed E-state index contributed by atoms with van der Waals surface area (Å²) in [4.78, 5) is 12.5. The first-order valence-corrected chi connectivity index (χ1v) is 8.08. The van der Waals surface area contributed by atoms with Crippen LogP contribution < -0.4 is 10.1 Å².